The van der Waals surface area contributed by atoms with Gasteiger partial charge in [-0.15, -0.1) is 0 Å². The van der Waals surface area contributed by atoms with Gasteiger partial charge in [-0.3, -0.25) is 86.9 Å². The first-order valence-corrected chi connectivity index (χ1v) is 45.9. The maximum absolute atomic E-state index is 11.1. The molecule has 0 bridgehead atoms. The number of nitrogens with zero attached hydrogens (tertiary/aromatic N) is 5. The molecule has 13 aromatic rings. The number of hydrogen-bond donors (Lipinski definition) is 25. The number of aromatic amines is 15. The highest BCUT2D eigenvalue weighted by Crippen LogP contribution is 2.25. The zero-order chi connectivity index (χ0) is 111. The van der Waals surface area contributed by atoms with E-state index in [1.54, 1.807) is 25.4 Å². The van der Waals surface area contributed by atoms with Gasteiger partial charge < -0.3 is 111 Å². The van der Waals surface area contributed by atoms with Gasteiger partial charge in [0.2, 0.25) is 38.0 Å². The molecule has 0 aliphatic rings. The van der Waals surface area contributed by atoms with Crippen LogP contribution in [0.5, 0.6) is 51.7 Å². The van der Waals surface area contributed by atoms with Crippen molar-refractivity contribution in [2.24, 2.45) is 0 Å². The zero-order valence-corrected chi connectivity index (χ0v) is 86.8. The molecule has 0 fully saturated rings. The number of nitrogens with one attached hydrogen (secondary N) is 15. The van der Waals surface area contributed by atoms with Crippen molar-refractivity contribution in [2.45, 2.75) is 264 Å². The molecule has 0 aliphatic heterocycles. The molecule has 0 saturated heterocycles. The van der Waals surface area contributed by atoms with Crippen LogP contribution in [0, 0.1) is 6.92 Å². The summed E-state index contributed by atoms with van der Waals surface area (Å²) in [5.74, 6) is 1.55. The van der Waals surface area contributed by atoms with E-state index in [2.05, 4.69) is 95.4 Å². The fraction of sp³-hybridized carbons (Fsp3) is 0.408. The number of hydrogen-bond acceptors (Lipinski definition) is 30. The van der Waals surface area contributed by atoms with Gasteiger partial charge in [-0.25, -0.2) is 20.1 Å². The third-order valence-electron chi connectivity index (χ3n) is 19.6. The number of pyridine rings is 7. The molecule has 0 aromatic carbocycles. The lowest BCUT2D eigenvalue weighted by Crippen LogP contribution is -2.32. The zero-order valence-electron chi connectivity index (χ0n) is 86.0. The van der Waals surface area contributed by atoms with E-state index in [9.17, 15) is 92.1 Å². The van der Waals surface area contributed by atoms with Crippen molar-refractivity contribution in [3.63, 3.8) is 0 Å². The Balaban J connectivity index is 0.000000785. The Bertz CT molecular complexity index is 7000. The number of H-pyrrole nitrogens is 15. The van der Waals surface area contributed by atoms with E-state index in [1.165, 1.54) is 79.9 Å². The van der Waals surface area contributed by atoms with E-state index >= 15 is 0 Å². The van der Waals surface area contributed by atoms with Crippen molar-refractivity contribution in [3.8, 4) is 51.7 Å². The van der Waals surface area contributed by atoms with Gasteiger partial charge in [0.25, 0.3) is 16.7 Å². The fourth-order valence-corrected chi connectivity index (χ4v) is 11.1. The maximum atomic E-state index is 11.1. The second kappa shape index (κ2) is 61.3. The molecule has 0 amide bonds. The van der Waals surface area contributed by atoms with Gasteiger partial charge in [-0.05, 0) is 95.8 Å². The highest BCUT2D eigenvalue weighted by molar-refractivity contribution is 6.31. The summed E-state index contributed by atoms with van der Waals surface area (Å²) in [7, 11) is 0. The predicted molar refractivity (Wildman–Crippen MR) is 554 cm³/mol. The van der Waals surface area contributed by atoms with Crippen LogP contribution in [0.2, 0.25) is 5.02 Å². The summed E-state index contributed by atoms with van der Waals surface area (Å²) in [6.07, 6.45) is 15.3. The van der Waals surface area contributed by atoms with Crippen molar-refractivity contribution in [2.75, 3.05) is 0 Å². The molecular formula is C98H137ClN20O26. The van der Waals surface area contributed by atoms with Gasteiger partial charge in [-0.2, -0.15) is 9.83 Å². The maximum Gasteiger partial charge on any atom is 0.329 e. The van der Waals surface area contributed by atoms with Gasteiger partial charge in [0.15, 0.2) is 51.7 Å². The molecule has 792 valence electrons. The molecule has 46 nitrogen and oxygen atoms in total. The highest BCUT2D eigenvalue weighted by Gasteiger charge is 2.16. The number of aryl methyl sites for hydroxylation is 1. The van der Waals surface area contributed by atoms with Crippen LogP contribution in [-0.4, -0.2) is 151 Å². The Hall–Kier alpha value is -16.4. The number of aromatic nitrogens is 20. The first-order chi connectivity index (χ1) is 67.3. The molecule has 0 aliphatic carbocycles. The molecule has 145 heavy (non-hydrogen) atoms. The average molecular weight is 2050 g/mol. The van der Waals surface area contributed by atoms with Crippen molar-refractivity contribution in [1.29, 1.82) is 0 Å². The lowest BCUT2D eigenvalue weighted by Gasteiger charge is -2.09. The minimum atomic E-state index is -0.714. The molecule has 13 heterocycles. The van der Waals surface area contributed by atoms with Crippen LogP contribution < -0.4 is 88.0 Å². The van der Waals surface area contributed by atoms with Crippen LogP contribution in [0.3, 0.4) is 0 Å². The summed E-state index contributed by atoms with van der Waals surface area (Å²) < 4.78 is 0.765. The Morgan fingerprint density at radius 1 is 0.324 bits per heavy atom. The largest absolute Gasteiger partial charge is 0.504 e. The van der Waals surface area contributed by atoms with Gasteiger partial charge in [0.1, 0.15) is 23.0 Å². The Labute approximate surface area is 834 Å². The predicted octanol–water partition coefficient (Wildman–Crippen LogP) is 11.1. The van der Waals surface area contributed by atoms with Crippen LogP contribution in [0.25, 0.3) is 0 Å². The average Bonchev–Trinajstić information content (AvgIpc) is 0.829. The molecule has 0 atom stereocenters. The quantitative estimate of drug-likeness (QED) is 0.0376. The first kappa shape index (κ1) is 127. The lowest BCUT2D eigenvalue weighted by atomic mass is 10.1. The van der Waals surface area contributed by atoms with E-state index in [-0.39, 0.29) is 138 Å². The third kappa shape index (κ3) is 43.3. The molecule has 0 unspecified atom stereocenters. The molecule has 47 heteroatoms. The topological polar surface area (TPSA) is 769 Å². The standard InChI is InChI=1S/C8H10ClNO2.C8H12N2O.C8H11NO3.5C8H11NO2.4C7H10N2O2.C6H9N3O2/c1-4(2)7-6(9)8(12)5(11)3-10-7;1-5(2)7-8(11)6(3)9-4-10-7;1-5(2)6-3-7(10)8(11)4-9(6)12;1-5(2)6-3-9-4-7(10)8(6)11;1-5(2)6-3-7(10)8(11)4-9-6;1-5(2)6-3-7(10)8(11)9-4-6;1-5(2)7-8(11)6(10)3-4-9-7;1-5(2)6-3-4-7(10)8(11)9-6;1-4(2)6-8-3-5(10)7(11)9-6;1-4(2)5-3-8-6(10)7(11)9-5;1-4(2)5-3-8-9-7(11)6(5)10;1-4(2)5-3-6(10)7(11)9-8-5;1-3(2)4-7-5(10)6(11)9-8-4/h3-4,11H,1-2H3,(H,10,12);4-5,11H,1-3H3;3-5,11-12H,1-2H3;3-5,10H,1-2H3,(H,9,11);3-5,11H,1-2H3,(H,9,10);3-5,10H,1-2H3,(H,9,11);3-5,11H,1-2H3,(H,9,10);3-5,10H,1-2H3,(H,9,11);3-4,10H,1-2H3,(H,8,9,11);3*3-4H,1-2H3,(H,8,10)(H,9,11);3H,1-2H3,(H,9,11)(H,7,8,10). The third-order valence-corrected chi connectivity index (χ3v) is 20.0. The summed E-state index contributed by atoms with van der Waals surface area (Å²) in [4.78, 5) is 210. The Kier molecular flexibility index (Phi) is 53.5. The van der Waals surface area contributed by atoms with Crippen LogP contribution in [-0.2, 0) is 0 Å². The van der Waals surface area contributed by atoms with E-state index in [0.717, 1.165) is 51.2 Å². The molecule has 0 radical (unpaired) electrons. The van der Waals surface area contributed by atoms with Crippen molar-refractivity contribution in [1.82, 2.24) is 100 Å². The van der Waals surface area contributed by atoms with Crippen molar-refractivity contribution < 1.29 is 51.2 Å². The first-order valence-electron chi connectivity index (χ1n) is 45.6. The van der Waals surface area contributed by atoms with Gasteiger partial charge >= 0.3 is 33.4 Å². The normalized spacial score (nSPS) is 10.5. The summed E-state index contributed by atoms with van der Waals surface area (Å²) in [6, 6.07) is 9.88. The highest BCUT2D eigenvalue weighted by atomic mass is 35.5. The smallest absolute Gasteiger partial charge is 0.329 e. The fourth-order valence-electron chi connectivity index (χ4n) is 10.8. The van der Waals surface area contributed by atoms with Crippen LogP contribution in [0.15, 0.2) is 187 Å². The minimum Gasteiger partial charge on any atom is -0.504 e. The van der Waals surface area contributed by atoms with Gasteiger partial charge in [0, 0.05) is 125 Å². The summed E-state index contributed by atoms with van der Waals surface area (Å²) in [5.41, 5.74) is 0.401. The van der Waals surface area contributed by atoms with Gasteiger partial charge in [0.05, 0.1) is 35.2 Å². The van der Waals surface area contributed by atoms with E-state index in [4.69, 9.17) is 47.3 Å². The van der Waals surface area contributed by atoms with Crippen LogP contribution >= 0.6 is 11.6 Å². The Morgan fingerprint density at radius 3 is 1.30 bits per heavy atom. The monoisotopic (exact) mass is 2040 g/mol. The lowest BCUT2D eigenvalue weighted by molar-refractivity contribution is 0.168. The molecule has 25 N–H and O–H groups in total. The van der Waals surface area contributed by atoms with Crippen LogP contribution in [0.4, 0.5) is 0 Å². The number of aromatic hydroxyl groups is 9. The SMILES string of the molecule is CC(C)c1[nH]cc(O)c(=O)c1Cl.CC(C)c1[nH]ccc(=O)c1O.CC(C)c1c[nH][nH]c(=O)c1=O.CC(C)c1c[nH]c(=O)c(=O)[nH]1.CC(C)c1c[nH]c(=O)c(O)c1.CC(C)c1c[nH]cc(O)c1=O.CC(C)c1cc(=O)c(=O)[nH][nH]1.CC(C)c1cc(=O)c(O)c[nH]1.CC(C)c1cc(=O)c(O)cn1O.CC(C)c1ccc(O)c(=O)[nH]1.CC(C)c1n[nH]c(=O)c(=O)[nH]1.CC(C)c1ncc(O)c(=O)[nH]1.Cc1ncnc(C(C)C)c1O. The molecule has 13 rings (SSSR count). The summed E-state index contributed by atoms with van der Waals surface area (Å²) in [6.45, 7) is 51.8. The molecule has 0 spiro atoms. The van der Waals surface area contributed by atoms with Crippen LogP contribution in [0.1, 0.15) is 337 Å². The second-order valence-electron chi connectivity index (χ2n) is 35.8. The van der Waals surface area contributed by atoms with E-state index in [0.29, 0.717) is 51.5 Å². The minimum absolute atomic E-state index is 0.0447. The molecule has 13 aromatic heterocycles. The Morgan fingerprint density at radius 2 is 0.841 bits per heavy atom. The van der Waals surface area contributed by atoms with E-state index in [1.807, 2.05) is 180 Å². The van der Waals surface area contributed by atoms with Crippen molar-refractivity contribution >= 4 is 11.6 Å². The van der Waals surface area contributed by atoms with E-state index < -0.39 is 77.5 Å². The number of halogens is 1. The summed E-state index contributed by atoms with van der Waals surface area (Å²) in [5, 5.41) is 106. The molecule has 0 saturated carbocycles. The second-order valence-corrected chi connectivity index (χ2v) is 36.2. The number of rotatable bonds is 13. The molecular weight excluding hydrogens is 1910 g/mol. The van der Waals surface area contributed by atoms with Crippen molar-refractivity contribution in [3.05, 3.63) is 360 Å². The van der Waals surface area contributed by atoms with Gasteiger partial charge in [-0.1, -0.05) is 192 Å². The summed E-state index contributed by atoms with van der Waals surface area (Å²) >= 11 is 5.69.